The molecular weight excluding hydrogens is 242 g/mol. The number of carbonyl (C=O) groups excluding carboxylic acids is 1. The van der Waals surface area contributed by atoms with Crippen molar-refractivity contribution in [3.63, 3.8) is 0 Å². The fourth-order valence-corrected chi connectivity index (χ4v) is 1.61. The zero-order valence-corrected chi connectivity index (χ0v) is 10.1. The van der Waals surface area contributed by atoms with E-state index in [-0.39, 0.29) is 10.7 Å². The van der Waals surface area contributed by atoms with Crippen LogP contribution in [0.25, 0.3) is 0 Å². The van der Waals surface area contributed by atoms with Gasteiger partial charge in [0.25, 0.3) is 0 Å². The summed E-state index contributed by atoms with van der Waals surface area (Å²) in [5.74, 6) is 1.43. The van der Waals surface area contributed by atoms with Gasteiger partial charge in [-0.25, -0.2) is 9.97 Å². The van der Waals surface area contributed by atoms with Crippen molar-refractivity contribution in [1.29, 1.82) is 0 Å². The highest BCUT2D eigenvalue weighted by Gasteiger charge is 2.11. The number of carbonyl (C=O) groups is 1. The number of rotatable bonds is 3. The fraction of sp³-hybridized carbons (Fsp3) is 0.200. The SMILES string of the molecule is Cc1nc(Cl)c(C=O)c(Nc2ccn(C)n2)n1. The Bertz CT molecular complexity index is 566. The maximum Gasteiger partial charge on any atom is 0.156 e. The molecule has 0 aliphatic carbocycles. The number of aldehydes is 1. The first-order valence-corrected chi connectivity index (χ1v) is 5.24. The van der Waals surface area contributed by atoms with Gasteiger partial charge >= 0.3 is 0 Å². The first-order chi connectivity index (χ1) is 8.10. The standard InChI is InChI=1S/C10H10ClN5O/c1-6-12-9(11)7(5-17)10(13-6)14-8-3-4-16(2)15-8/h3-5H,1-2H3,(H,12,13,14,15). The highest BCUT2D eigenvalue weighted by atomic mass is 35.5. The van der Waals surface area contributed by atoms with Crippen LogP contribution in [0.2, 0.25) is 5.15 Å². The van der Waals surface area contributed by atoms with Gasteiger partial charge in [-0.3, -0.25) is 9.48 Å². The number of nitrogens with one attached hydrogen (secondary N) is 1. The lowest BCUT2D eigenvalue weighted by atomic mass is 10.3. The Hall–Kier alpha value is -1.95. The molecule has 0 amide bonds. The van der Waals surface area contributed by atoms with Gasteiger partial charge in [0.1, 0.15) is 16.8 Å². The molecule has 0 bridgehead atoms. The molecule has 0 saturated heterocycles. The lowest BCUT2D eigenvalue weighted by Crippen LogP contribution is -2.04. The molecule has 2 heterocycles. The van der Waals surface area contributed by atoms with Gasteiger partial charge in [0.15, 0.2) is 12.1 Å². The molecule has 0 aliphatic rings. The van der Waals surface area contributed by atoms with Gasteiger partial charge in [0, 0.05) is 19.3 Å². The second-order valence-electron chi connectivity index (χ2n) is 3.44. The van der Waals surface area contributed by atoms with Crippen molar-refractivity contribution >= 4 is 29.5 Å². The Morgan fingerprint density at radius 1 is 1.47 bits per heavy atom. The van der Waals surface area contributed by atoms with Crippen molar-refractivity contribution in [2.75, 3.05) is 5.32 Å². The zero-order chi connectivity index (χ0) is 12.4. The van der Waals surface area contributed by atoms with Crippen molar-refractivity contribution in [2.45, 2.75) is 6.92 Å². The Balaban J connectivity index is 2.41. The van der Waals surface area contributed by atoms with Crippen LogP contribution in [0.3, 0.4) is 0 Å². The van der Waals surface area contributed by atoms with E-state index in [2.05, 4.69) is 20.4 Å². The third-order valence-electron chi connectivity index (χ3n) is 2.09. The zero-order valence-electron chi connectivity index (χ0n) is 9.31. The molecule has 6 nitrogen and oxygen atoms in total. The second-order valence-corrected chi connectivity index (χ2v) is 3.80. The fourth-order valence-electron chi connectivity index (χ4n) is 1.35. The normalized spacial score (nSPS) is 10.3. The van der Waals surface area contributed by atoms with Crippen molar-refractivity contribution in [3.8, 4) is 0 Å². The van der Waals surface area contributed by atoms with Crippen LogP contribution < -0.4 is 5.32 Å². The van der Waals surface area contributed by atoms with E-state index in [1.165, 1.54) is 0 Å². The first-order valence-electron chi connectivity index (χ1n) is 4.86. The number of halogens is 1. The Morgan fingerprint density at radius 2 is 2.24 bits per heavy atom. The van der Waals surface area contributed by atoms with Crippen molar-refractivity contribution < 1.29 is 4.79 Å². The summed E-state index contributed by atoms with van der Waals surface area (Å²) in [5.41, 5.74) is 0.225. The van der Waals surface area contributed by atoms with Crippen LogP contribution in [0, 0.1) is 6.92 Å². The lowest BCUT2D eigenvalue weighted by Gasteiger charge is -2.06. The van der Waals surface area contributed by atoms with E-state index in [4.69, 9.17) is 11.6 Å². The summed E-state index contributed by atoms with van der Waals surface area (Å²) in [6.45, 7) is 1.70. The number of aromatic nitrogens is 4. The minimum absolute atomic E-state index is 0.130. The molecule has 0 fully saturated rings. The van der Waals surface area contributed by atoms with Gasteiger partial charge in [-0.05, 0) is 6.92 Å². The maximum atomic E-state index is 10.9. The van der Waals surface area contributed by atoms with Crippen LogP contribution in [-0.2, 0) is 7.05 Å². The van der Waals surface area contributed by atoms with Crippen LogP contribution >= 0.6 is 11.6 Å². The predicted octanol–water partition coefficient (Wildman–Crippen LogP) is 1.73. The summed E-state index contributed by atoms with van der Waals surface area (Å²) >= 11 is 5.86. The van der Waals surface area contributed by atoms with Gasteiger partial charge < -0.3 is 5.32 Å². The van der Waals surface area contributed by atoms with E-state index >= 15 is 0 Å². The Labute approximate surface area is 103 Å². The van der Waals surface area contributed by atoms with E-state index in [0.717, 1.165) is 0 Å². The molecule has 2 aromatic rings. The summed E-state index contributed by atoms with van der Waals surface area (Å²) in [6.07, 6.45) is 2.39. The minimum atomic E-state index is 0.130. The largest absolute Gasteiger partial charge is 0.323 e. The van der Waals surface area contributed by atoms with E-state index in [1.807, 2.05) is 0 Å². The van der Waals surface area contributed by atoms with E-state index in [1.54, 1.807) is 30.9 Å². The van der Waals surface area contributed by atoms with Gasteiger partial charge in [-0.2, -0.15) is 5.10 Å². The molecule has 0 atom stereocenters. The lowest BCUT2D eigenvalue weighted by molar-refractivity contribution is 0.112. The molecular formula is C10H10ClN5O. The maximum absolute atomic E-state index is 10.9. The van der Waals surface area contributed by atoms with Crippen LogP contribution in [0.1, 0.15) is 16.2 Å². The van der Waals surface area contributed by atoms with Gasteiger partial charge in [0.2, 0.25) is 0 Å². The highest BCUT2D eigenvalue weighted by molar-refractivity contribution is 6.32. The predicted molar refractivity (Wildman–Crippen MR) is 63.7 cm³/mol. The second kappa shape index (κ2) is 4.50. The summed E-state index contributed by atoms with van der Waals surface area (Å²) in [5, 5.41) is 7.18. The molecule has 88 valence electrons. The van der Waals surface area contributed by atoms with Crippen LogP contribution in [0.5, 0.6) is 0 Å². The number of hydrogen-bond donors (Lipinski definition) is 1. The highest BCUT2D eigenvalue weighted by Crippen LogP contribution is 2.21. The Morgan fingerprint density at radius 3 is 2.82 bits per heavy atom. The smallest absolute Gasteiger partial charge is 0.156 e. The van der Waals surface area contributed by atoms with E-state index in [0.29, 0.717) is 23.7 Å². The molecule has 7 heteroatoms. The number of anilines is 2. The summed E-state index contributed by atoms with van der Waals surface area (Å²) < 4.78 is 1.64. The Kier molecular flexibility index (Phi) is 3.06. The molecule has 2 rings (SSSR count). The molecule has 0 radical (unpaired) electrons. The molecule has 2 aromatic heterocycles. The topological polar surface area (TPSA) is 72.7 Å². The minimum Gasteiger partial charge on any atom is -0.323 e. The van der Waals surface area contributed by atoms with Gasteiger partial charge in [-0.1, -0.05) is 11.6 Å². The van der Waals surface area contributed by atoms with E-state index in [9.17, 15) is 4.79 Å². The monoisotopic (exact) mass is 251 g/mol. The van der Waals surface area contributed by atoms with Crippen molar-refractivity contribution in [3.05, 3.63) is 28.8 Å². The molecule has 0 saturated carbocycles. The molecule has 0 aromatic carbocycles. The molecule has 0 unspecified atom stereocenters. The van der Waals surface area contributed by atoms with Crippen LogP contribution in [0.15, 0.2) is 12.3 Å². The molecule has 17 heavy (non-hydrogen) atoms. The molecule has 1 N–H and O–H groups in total. The van der Waals surface area contributed by atoms with Gasteiger partial charge in [0.05, 0.1) is 5.56 Å². The molecule has 0 aliphatic heterocycles. The average Bonchev–Trinajstić information content (AvgIpc) is 2.63. The third-order valence-corrected chi connectivity index (χ3v) is 2.38. The van der Waals surface area contributed by atoms with Crippen molar-refractivity contribution in [1.82, 2.24) is 19.7 Å². The number of aryl methyl sites for hydroxylation is 2. The first kappa shape index (κ1) is 11.5. The average molecular weight is 252 g/mol. The summed E-state index contributed by atoms with van der Waals surface area (Å²) in [7, 11) is 1.80. The molecule has 0 spiro atoms. The van der Waals surface area contributed by atoms with Crippen molar-refractivity contribution in [2.24, 2.45) is 7.05 Å². The van der Waals surface area contributed by atoms with Crippen LogP contribution in [-0.4, -0.2) is 26.0 Å². The third kappa shape index (κ3) is 2.42. The summed E-state index contributed by atoms with van der Waals surface area (Å²) in [6, 6.07) is 1.76. The number of hydrogen-bond acceptors (Lipinski definition) is 5. The van der Waals surface area contributed by atoms with Crippen LogP contribution in [0.4, 0.5) is 11.6 Å². The van der Waals surface area contributed by atoms with E-state index < -0.39 is 0 Å². The quantitative estimate of drug-likeness (QED) is 0.664. The summed E-state index contributed by atoms with van der Waals surface area (Å²) in [4.78, 5) is 19.0. The van der Waals surface area contributed by atoms with Gasteiger partial charge in [-0.15, -0.1) is 0 Å². The number of nitrogens with zero attached hydrogens (tertiary/aromatic N) is 4.